The number of pyridine rings is 1. The number of carbonyl (C=O) groups excluding carboxylic acids is 1. The molecule has 1 heterocycles. The number of carbonyl (C=O) groups is 1. The molecule has 1 aromatic rings. The Hall–Kier alpha value is -2.48. The van der Waals surface area contributed by atoms with Gasteiger partial charge in [0.1, 0.15) is 12.4 Å². The van der Waals surface area contributed by atoms with Crippen LogP contribution in [0.3, 0.4) is 0 Å². The Morgan fingerprint density at radius 2 is 1.81 bits per heavy atom. The van der Waals surface area contributed by atoms with E-state index in [-0.39, 0.29) is 18.8 Å². The lowest BCUT2D eigenvalue weighted by molar-refractivity contribution is 0.112. The summed E-state index contributed by atoms with van der Waals surface area (Å²) < 4.78 is 11.8. The van der Waals surface area contributed by atoms with E-state index in [0.717, 1.165) is 43.7 Å². The minimum absolute atomic E-state index is 0.00651. The van der Waals surface area contributed by atoms with Crippen LogP contribution in [0.4, 0.5) is 4.79 Å². The second-order valence-electron chi connectivity index (χ2n) is 9.58. The first-order valence-corrected chi connectivity index (χ1v) is 11.9. The van der Waals surface area contributed by atoms with Crippen LogP contribution in [0, 0.1) is 5.92 Å². The van der Waals surface area contributed by atoms with E-state index in [0.29, 0.717) is 28.9 Å². The molecule has 0 aromatic carbocycles. The van der Waals surface area contributed by atoms with Crippen molar-refractivity contribution in [1.29, 1.82) is 0 Å². The van der Waals surface area contributed by atoms with E-state index >= 15 is 0 Å². The largest absolute Gasteiger partial charge is 0.489 e. The van der Waals surface area contributed by atoms with E-state index in [9.17, 15) is 4.79 Å². The number of nitrogens with two attached hydrogens (primary N) is 2. The number of ether oxygens (including phenoxy) is 2. The van der Waals surface area contributed by atoms with Crippen LogP contribution >= 0.6 is 0 Å². The number of rotatable bonds is 9. The minimum Gasteiger partial charge on any atom is -0.489 e. The number of aromatic nitrogens is 1. The van der Waals surface area contributed by atoms with E-state index in [2.05, 4.69) is 0 Å². The average Bonchev–Trinajstić information content (AvgIpc) is 3.69. The molecule has 3 aliphatic carbocycles. The normalized spacial score (nSPS) is 19.8. The molecule has 8 nitrogen and oxygen atoms in total. The summed E-state index contributed by atoms with van der Waals surface area (Å²) in [6.07, 6.45) is 10.5. The van der Waals surface area contributed by atoms with E-state index in [4.69, 9.17) is 26.0 Å². The van der Waals surface area contributed by atoms with Crippen LogP contribution in [-0.2, 0) is 4.74 Å². The summed E-state index contributed by atoms with van der Waals surface area (Å²) in [6.45, 7) is 0.716. The van der Waals surface area contributed by atoms with Crippen LogP contribution in [0.1, 0.15) is 75.1 Å². The van der Waals surface area contributed by atoms with Gasteiger partial charge in [0.05, 0.1) is 28.9 Å². The zero-order chi connectivity index (χ0) is 22.7. The predicted octanol–water partition coefficient (Wildman–Crippen LogP) is 3.58. The Bertz CT molecular complexity index is 842. The van der Waals surface area contributed by atoms with E-state index < -0.39 is 0 Å². The molecule has 0 radical (unpaired) electrons. The fourth-order valence-electron chi connectivity index (χ4n) is 4.24. The van der Waals surface area contributed by atoms with Gasteiger partial charge in [-0.05, 0) is 69.4 Å². The Kier molecular flexibility index (Phi) is 7.08. The second kappa shape index (κ2) is 9.98. The van der Waals surface area contributed by atoms with Crippen molar-refractivity contribution in [2.45, 2.75) is 69.8 Å². The zero-order valence-corrected chi connectivity index (χ0v) is 19.4. The van der Waals surface area contributed by atoms with E-state index in [1.54, 1.807) is 19.0 Å². The van der Waals surface area contributed by atoms with Crippen molar-refractivity contribution in [2.24, 2.45) is 17.5 Å². The van der Waals surface area contributed by atoms with Crippen LogP contribution in [-0.4, -0.2) is 54.3 Å². The van der Waals surface area contributed by atoms with Crippen molar-refractivity contribution < 1.29 is 14.3 Å². The van der Waals surface area contributed by atoms with Gasteiger partial charge in [-0.2, -0.15) is 0 Å². The minimum atomic E-state index is -0.369. The maximum atomic E-state index is 12.3. The summed E-state index contributed by atoms with van der Waals surface area (Å²) in [6, 6.07) is 3.87. The monoisotopic (exact) mass is 443 g/mol. The van der Waals surface area contributed by atoms with Crippen molar-refractivity contribution in [3.8, 4) is 5.75 Å². The molecular formula is C24H37N5O3. The second-order valence-corrected chi connectivity index (χ2v) is 9.58. The maximum absolute atomic E-state index is 12.3. The molecule has 3 aliphatic rings. The van der Waals surface area contributed by atoms with Crippen molar-refractivity contribution in [3.05, 3.63) is 29.2 Å². The van der Waals surface area contributed by atoms with Crippen molar-refractivity contribution in [1.82, 2.24) is 14.9 Å². The van der Waals surface area contributed by atoms with Crippen molar-refractivity contribution in [2.75, 3.05) is 27.2 Å². The molecule has 3 fully saturated rings. The zero-order valence-electron chi connectivity index (χ0n) is 19.4. The molecule has 0 unspecified atom stereocenters. The van der Waals surface area contributed by atoms with Crippen LogP contribution in [0.15, 0.2) is 17.8 Å². The third-order valence-electron chi connectivity index (χ3n) is 6.58. The molecule has 176 valence electrons. The molecule has 0 aliphatic heterocycles. The Balaban J connectivity index is 1.48. The highest BCUT2D eigenvalue weighted by atomic mass is 16.6. The fourth-order valence-corrected chi connectivity index (χ4v) is 4.24. The molecule has 8 heteroatoms. The number of likely N-dealkylation sites (N-methyl/N-ethyl adjacent to an activating group) is 1. The van der Waals surface area contributed by atoms with Gasteiger partial charge < -0.3 is 25.1 Å². The molecular weight excluding hydrogens is 406 g/mol. The third-order valence-corrected chi connectivity index (χ3v) is 6.58. The Morgan fingerprint density at radius 3 is 2.44 bits per heavy atom. The molecule has 0 atom stereocenters. The topological polar surface area (TPSA) is 107 Å². The summed E-state index contributed by atoms with van der Waals surface area (Å²) in [5.74, 6) is 7.94. The van der Waals surface area contributed by atoms with Crippen LogP contribution in [0.2, 0.25) is 0 Å². The van der Waals surface area contributed by atoms with Gasteiger partial charge in [-0.3, -0.25) is 0 Å². The maximum Gasteiger partial charge on any atom is 0.409 e. The van der Waals surface area contributed by atoms with Gasteiger partial charge in [0.2, 0.25) is 0 Å². The molecule has 0 bridgehead atoms. The van der Waals surface area contributed by atoms with Gasteiger partial charge in [0, 0.05) is 26.6 Å². The van der Waals surface area contributed by atoms with E-state index in [1.807, 2.05) is 12.1 Å². The van der Waals surface area contributed by atoms with Crippen molar-refractivity contribution >= 4 is 11.8 Å². The summed E-state index contributed by atoms with van der Waals surface area (Å²) in [7, 11) is 3.44. The molecule has 32 heavy (non-hydrogen) atoms. The number of hydrogen-bond donors (Lipinski definition) is 2. The summed E-state index contributed by atoms with van der Waals surface area (Å²) >= 11 is 0. The Labute approximate surface area is 190 Å². The number of nitrogens with zero attached hydrogens (tertiary/aromatic N) is 3. The molecule has 0 saturated heterocycles. The van der Waals surface area contributed by atoms with Gasteiger partial charge in [-0.25, -0.2) is 15.6 Å². The van der Waals surface area contributed by atoms with E-state index in [1.165, 1.54) is 37.1 Å². The van der Waals surface area contributed by atoms with Gasteiger partial charge in [0.15, 0.2) is 0 Å². The lowest BCUT2D eigenvalue weighted by atomic mass is 9.98. The lowest BCUT2D eigenvalue weighted by Crippen LogP contribution is -2.34. The fraction of sp³-hybridized carbons (Fsp3) is 0.667. The van der Waals surface area contributed by atoms with Gasteiger partial charge >= 0.3 is 6.09 Å². The molecule has 0 spiro atoms. The lowest BCUT2D eigenvalue weighted by Gasteiger charge is -2.25. The smallest absolute Gasteiger partial charge is 0.409 e. The standard InChI is InChI=1S/C24H37N5O3/c1-28(14-16-8-9-16)24(30)31-15-20(29(2)26)22(25)19-12-13-21(23(27-19)17-10-11-17)32-18-6-4-3-5-7-18/h12-13,16-18H,3-11,14-15,25-26H2,1-2H3/b22-20-. The van der Waals surface area contributed by atoms with Crippen LogP contribution < -0.4 is 16.3 Å². The first-order valence-electron chi connectivity index (χ1n) is 11.9. The molecule has 1 aromatic heterocycles. The van der Waals surface area contributed by atoms with Crippen LogP contribution in [0.25, 0.3) is 5.70 Å². The average molecular weight is 444 g/mol. The van der Waals surface area contributed by atoms with Gasteiger partial charge in [-0.1, -0.05) is 6.42 Å². The highest BCUT2D eigenvalue weighted by Gasteiger charge is 2.31. The predicted molar refractivity (Wildman–Crippen MR) is 123 cm³/mol. The van der Waals surface area contributed by atoms with Gasteiger partial charge in [0.25, 0.3) is 0 Å². The highest BCUT2D eigenvalue weighted by Crippen LogP contribution is 2.44. The third kappa shape index (κ3) is 5.85. The quantitative estimate of drug-likeness (QED) is 0.444. The van der Waals surface area contributed by atoms with Crippen LogP contribution in [0.5, 0.6) is 5.75 Å². The summed E-state index contributed by atoms with van der Waals surface area (Å²) in [5.41, 5.74) is 9.02. The SMILES string of the molecule is CN(CC1CC1)C(=O)OC/C(=C(/N)c1ccc(OC2CCCCC2)c(C2CC2)n1)N(C)N. The number of hydrogen-bond acceptors (Lipinski definition) is 7. The number of hydrazine groups is 1. The highest BCUT2D eigenvalue weighted by molar-refractivity contribution is 5.69. The molecule has 4 N–H and O–H groups in total. The summed E-state index contributed by atoms with van der Waals surface area (Å²) in [5, 5.41) is 1.40. The number of amides is 1. The first kappa shape index (κ1) is 22.7. The first-order chi connectivity index (χ1) is 15.4. The molecule has 4 rings (SSSR count). The molecule has 1 amide bonds. The Morgan fingerprint density at radius 1 is 1.09 bits per heavy atom. The van der Waals surface area contributed by atoms with Crippen molar-refractivity contribution in [3.63, 3.8) is 0 Å². The molecule has 3 saturated carbocycles. The van der Waals surface area contributed by atoms with Gasteiger partial charge in [-0.15, -0.1) is 0 Å². The summed E-state index contributed by atoms with van der Waals surface area (Å²) in [4.78, 5) is 18.8.